The minimum absolute atomic E-state index is 0.0553. The summed E-state index contributed by atoms with van der Waals surface area (Å²) in [5.41, 5.74) is 3.01. The fourth-order valence-electron chi connectivity index (χ4n) is 3.56. The SMILES string of the molecule is C[C@@H]1C[NH+]([C@@H](C)C(=O)Nc2ccccc2-c2ccccc2)C[C@@H](C)O1. The standard InChI is InChI=1S/C21H26N2O2/c1-15-13-23(14-16(2)25-15)17(3)21(24)22-20-12-8-7-11-19(20)18-9-5-4-6-10-18/h4-12,15-17H,13-14H2,1-3H3,(H,22,24)/p+1/t15-,16-,17+/m1/s1. The van der Waals surface area contributed by atoms with Gasteiger partial charge in [-0.3, -0.25) is 4.79 Å². The summed E-state index contributed by atoms with van der Waals surface area (Å²) < 4.78 is 5.79. The molecule has 0 unspecified atom stereocenters. The molecule has 3 atom stereocenters. The Morgan fingerprint density at radius 3 is 2.32 bits per heavy atom. The Labute approximate surface area is 149 Å². The van der Waals surface area contributed by atoms with Crippen LogP contribution >= 0.6 is 0 Å². The molecule has 1 fully saturated rings. The van der Waals surface area contributed by atoms with Crippen molar-refractivity contribution in [2.75, 3.05) is 18.4 Å². The molecule has 1 saturated heterocycles. The summed E-state index contributed by atoms with van der Waals surface area (Å²) in [7, 11) is 0. The van der Waals surface area contributed by atoms with Crippen LogP contribution in [0.3, 0.4) is 0 Å². The molecule has 4 heteroatoms. The third-order valence-electron chi connectivity index (χ3n) is 4.84. The monoisotopic (exact) mass is 339 g/mol. The summed E-state index contributed by atoms with van der Waals surface area (Å²) in [4.78, 5) is 14.1. The topological polar surface area (TPSA) is 42.8 Å². The largest absolute Gasteiger partial charge is 0.364 e. The molecule has 0 radical (unpaired) electrons. The van der Waals surface area contributed by atoms with E-state index in [-0.39, 0.29) is 24.2 Å². The third-order valence-corrected chi connectivity index (χ3v) is 4.84. The molecule has 0 aromatic heterocycles. The number of hydrogen-bond acceptors (Lipinski definition) is 2. The van der Waals surface area contributed by atoms with Gasteiger partial charge in [0, 0.05) is 11.3 Å². The summed E-state index contributed by atoms with van der Waals surface area (Å²) in [5.74, 6) is 0.0553. The molecule has 1 aliphatic rings. The lowest BCUT2D eigenvalue weighted by molar-refractivity contribution is -0.928. The van der Waals surface area contributed by atoms with Crippen molar-refractivity contribution >= 4 is 11.6 Å². The number of morpholine rings is 1. The second-order valence-corrected chi connectivity index (χ2v) is 6.95. The van der Waals surface area contributed by atoms with Crippen LogP contribution in [-0.4, -0.2) is 37.2 Å². The Balaban J connectivity index is 1.75. The molecule has 1 amide bonds. The number of hydrogen-bond donors (Lipinski definition) is 2. The van der Waals surface area contributed by atoms with Crippen molar-refractivity contribution in [1.29, 1.82) is 0 Å². The number of amides is 1. The van der Waals surface area contributed by atoms with E-state index in [1.807, 2.05) is 49.4 Å². The first kappa shape index (κ1) is 17.6. The number of benzene rings is 2. The molecule has 1 aliphatic heterocycles. The molecule has 4 nitrogen and oxygen atoms in total. The van der Waals surface area contributed by atoms with Crippen LogP contribution in [0.4, 0.5) is 5.69 Å². The second kappa shape index (κ2) is 7.81. The van der Waals surface area contributed by atoms with Gasteiger partial charge in [0.25, 0.3) is 5.91 Å². The fraction of sp³-hybridized carbons (Fsp3) is 0.381. The van der Waals surface area contributed by atoms with Gasteiger partial charge in [-0.15, -0.1) is 0 Å². The Morgan fingerprint density at radius 2 is 1.64 bits per heavy atom. The lowest BCUT2D eigenvalue weighted by Crippen LogP contribution is -3.19. The molecule has 0 saturated carbocycles. The van der Waals surface area contributed by atoms with Crippen molar-refractivity contribution in [3.63, 3.8) is 0 Å². The highest BCUT2D eigenvalue weighted by atomic mass is 16.5. The Bertz CT molecular complexity index is 707. The maximum atomic E-state index is 12.8. The van der Waals surface area contributed by atoms with Gasteiger partial charge >= 0.3 is 0 Å². The van der Waals surface area contributed by atoms with Gasteiger partial charge in [0.15, 0.2) is 6.04 Å². The van der Waals surface area contributed by atoms with Crippen LogP contribution in [0.5, 0.6) is 0 Å². The highest BCUT2D eigenvalue weighted by Crippen LogP contribution is 2.27. The highest BCUT2D eigenvalue weighted by Gasteiger charge is 2.33. The predicted molar refractivity (Wildman–Crippen MR) is 101 cm³/mol. The van der Waals surface area contributed by atoms with Crippen molar-refractivity contribution < 1.29 is 14.4 Å². The average Bonchev–Trinajstić information content (AvgIpc) is 2.61. The van der Waals surface area contributed by atoms with Gasteiger partial charge in [0.05, 0.1) is 0 Å². The highest BCUT2D eigenvalue weighted by molar-refractivity contribution is 5.97. The van der Waals surface area contributed by atoms with Crippen molar-refractivity contribution in [2.24, 2.45) is 0 Å². The van der Waals surface area contributed by atoms with E-state index in [0.29, 0.717) is 0 Å². The number of quaternary nitrogens is 1. The number of ether oxygens (including phenoxy) is 1. The number of carbonyl (C=O) groups is 1. The quantitative estimate of drug-likeness (QED) is 0.898. The summed E-state index contributed by atoms with van der Waals surface area (Å²) in [5, 5.41) is 3.14. The molecule has 1 heterocycles. The average molecular weight is 339 g/mol. The first-order valence-electron chi connectivity index (χ1n) is 9.00. The zero-order valence-electron chi connectivity index (χ0n) is 15.2. The molecule has 3 rings (SSSR count). The van der Waals surface area contributed by atoms with Gasteiger partial charge in [-0.05, 0) is 32.4 Å². The van der Waals surface area contributed by atoms with Crippen molar-refractivity contribution in [1.82, 2.24) is 0 Å². The van der Waals surface area contributed by atoms with E-state index < -0.39 is 0 Å². The van der Waals surface area contributed by atoms with E-state index >= 15 is 0 Å². The van der Waals surface area contributed by atoms with Crippen LogP contribution in [0.1, 0.15) is 20.8 Å². The zero-order chi connectivity index (χ0) is 17.8. The van der Waals surface area contributed by atoms with E-state index in [2.05, 4.69) is 31.3 Å². The van der Waals surface area contributed by atoms with Gasteiger partial charge in [-0.1, -0.05) is 48.5 Å². The van der Waals surface area contributed by atoms with Crippen LogP contribution in [0.2, 0.25) is 0 Å². The molecular formula is C21H27N2O2+. The summed E-state index contributed by atoms with van der Waals surface area (Å²) in [6.45, 7) is 7.87. The summed E-state index contributed by atoms with van der Waals surface area (Å²) in [6.07, 6.45) is 0.371. The van der Waals surface area contributed by atoms with Crippen molar-refractivity contribution in [3.05, 3.63) is 54.6 Å². The molecule has 0 bridgehead atoms. The van der Waals surface area contributed by atoms with Gasteiger partial charge in [0.2, 0.25) is 0 Å². The van der Waals surface area contributed by atoms with Crippen LogP contribution in [-0.2, 0) is 9.53 Å². The maximum Gasteiger partial charge on any atom is 0.282 e. The molecular weight excluding hydrogens is 312 g/mol. The number of para-hydroxylation sites is 1. The van der Waals surface area contributed by atoms with Crippen LogP contribution in [0.25, 0.3) is 11.1 Å². The lowest BCUT2D eigenvalue weighted by atomic mass is 10.0. The molecule has 2 N–H and O–H groups in total. The Hall–Kier alpha value is -2.17. The van der Waals surface area contributed by atoms with Crippen molar-refractivity contribution in [2.45, 2.75) is 39.0 Å². The zero-order valence-corrected chi connectivity index (χ0v) is 15.2. The van der Waals surface area contributed by atoms with Gasteiger partial charge in [-0.25, -0.2) is 0 Å². The minimum atomic E-state index is -0.113. The predicted octanol–water partition coefficient (Wildman–Crippen LogP) is 2.37. The summed E-state index contributed by atoms with van der Waals surface area (Å²) in [6, 6.07) is 18.0. The first-order valence-corrected chi connectivity index (χ1v) is 9.00. The van der Waals surface area contributed by atoms with E-state index in [1.54, 1.807) is 0 Å². The van der Waals surface area contributed by atoms with E-state index in [1.165, 1.54) is 4.90 Å². The molecule has 2 aromatic carbocycles. The van der Waals surface area contributed by atoms with E-state index in [4.69, 9.17) is 4.74 Å². The normalized spacial score (nSPS) is 24.5. The van der Waals surface area contributed by atoms with Gasteiger partial charge < -0.3 is 15.0 Å². The minimum Gasteiger partial charge on any atom is -0.364 e. The smallest absolute Gasteiger partial charge is 0.282 e. The molecule has 2 aromatic rings. The van der Waals surface area contributed by atoms with Gasteiger partial charge in [0.1, 0.15) is 25.3 Å². The molecule has 0 spiro atoms. The Kier molecular flexibility index (Phi) is 5.51. The number of carbonyl (C=O) groups excluding carboxylic acids is 1. The van der Waals surface area contributed by atoms with Crippen LogP contribution < -0.4 is 10.2 Å². The summed E-state index contributed by atoms with van der Waals surface area (Å²) >= 11 is 0. The second-order valence-electron chi connectivity index (χ2n) is 6.95. The molecule has 0 aliphatic carbocycles. The fourth-order valence-corrected chi connectivity index (χ4v) is 3.56. The van der Waals surface area contributed by atoms with Crippen molar-refractivity contribution in [3.8, 4) is 11.1 Å². The third kappa shape index (κ3) is 4.27. The van der Waals surface area contributed by atoms with Crippen LogP contribution in [0.15, 0.2) is 54.6 Å². The number of anilines is 1. The van der Waals surface area contributed by atoms with E-state index in [9.17, 15) is 4.79 Å². The maximum absolute atomic E-state index is 12.8. The Morgan fingerprint density at radius 1 is 1.04 bits per heavy atom. The number of rotatable bonds is 4. The number of nitrogens with one attached hydrogen (secondary N) is 2. The first-order chi connectivity index (χ1) is 12.0. The van der Waals surface area contributed by atoms with Gasteiger partial charge in [-0.2, -0.15) is 0 Å². The van der Waals surface area contributed by atoms with Crippen LogP contribution in [0, 0.1) is 0 Å². The van der Waals surface area contributed by atoms with E-state index in [0.717, 1.165) is 29.9 Å². The molecule has 25 heavy (non-hydrogen) atoms. The molecule has 132 valence electrons. The lowest BCUT2D eigenvalue weighted by Gasteiger charge is -2.35.